The molecule has 1 heterocycles. The van der Waals surface area contributed by atoms with E-state index in [9.17, 15) is 13.2 Å². The van der Waals surface area contributed by atoms with Gasteiger partial charge in [-0.15, -0.1) is 0 Å². The molecule has 1 rings (SSSR count). The first-order chi connectivity index (χ1) is 5.52. The van der Waals surface area contributed by atoms with Crippen LogP contribution in [0, 0.1) is 9.52 Å². The van der Waals surface area contributed by atoms with Gasteiger partial charge in [0.1, 0.15) is 8.85 Å². The Hall–Kier alpha value is -0.0400. The number of alkyl halides is 2. The summed E-state index contributed by atoms with van der Waals surface area (Å²) in [6.07, 6.45) is -2.79. The SMILES string of the molecule is Fc1cc(C(F)F)c(Cl)nc1I. The first-order valence-corrected chi connectivity index (χ1v) is 4.27. The lowest BCUT2D eigenvalue weighted by molar-refractivity contribution is 0.150. The Morgan fingerprint density at radius 1 is 1.50 bits per heavy atom. The van der Waals surface area contributed by atoms with Crippen LogP contribution < -0.4 is 0 Å². The van der Waals surface area contributed by atoms with E-state index >= 15 is 0 Å². The van der Waals surface area contributed by atoms with Crippen molar-refractivity contribution >= 4 is 34.2 Å². The number of hydrogen-bond acceptors (Lipinski definition) is 1. The van der Waals surface area contributed by atoms with Crippen molar-refractivity contribution in [1.29, 1.82) is 0 Å². The molecule has 1 aromatic rings. The molecule has 1 nitrogen and oxygen atoms in total. The standard InChI is InChI=1S/C6H2ClF3IN/c7-4-2(5(9)10)1-3(8)6(11)12-4/h1,5H. The van der Waals surface area contributed by atoms with E-state index in [1.807, 2.05) is 0 Å². The van der Waals surface area contributed by atoms with Gasteiger partial charge >= 0.3 is 0 Å². The Kier molecular flexibility index (Phi) is 3.16. The molecule has 6 heteroatoms. The number of pyridine rings is 1. The molecule has 0 saturated carbocycles. The van der Waals surface area contributed by atoms with Gasteiger partial charge in [-0.2, -0.15) is 0 Å². The van der Waals surface area contributed by atoms with Crippen LogP contribution in [-0.2, 0) is 0 Å². The summed E-state index contributed by atoms with van der Waals surface area (Å²) in [6.45, 7) is 0. The second kappa shape index (κ2) is 3.78. The summed E-state index contributed by atoms with van der Waals surface area (Å²) in [7, 11) is 0. The van der Waals surface area contributed by atoms with Crippen molar-refractivity contribution in [2.75, 3.05) is 0 Å². The molecule has 0 amide bonds. The number of hydrogen-bond donors (Lipinski definition) is 0. The third-order valence-corrected chi connectivity index (χ3v) is 2.21. The van der Waals surface area contributed by atoms with Gasteiger partial charge in [0.05, 0.1) is 5.56 Å². The molecule has 0 atom stereocenters. The number of rotatable bonds is 1. The predicted molar refractivity (Wildman–Crippen MR) is 46.9 cm³/mol. The van der Waals surface area contributed by atoms with E-state index in [1.54, 1.807) is 22.6 Å². The topological polar surface area (TPSA) is 12.9 Å². The van der Waals surface area contributed by atoms with Gasteiger partial charge in [0.2, 0.25) is 0 Å². The number of halogens is 5. The molecule has 0 radical (unpaired) electrons. The molecular formula is C6H2ClF3IN. The van der Waals surface area contributed by atoms with E-state index < -0.39 is 17.8 Å². The zero-order valence-corrected chi connectivity index (χ0v) is 8.41. The van der Waals surface area contributed by atoms with Crippen molar-refractivity contribution in [3.05, 3.63) is 26.3 Å². The maximum Gasteiger partial charge on any atom is 0.266 e. The largest absolute Gasteiger partial charge is 0.266 e. The van der Waals surface area contributed by atoms with E-state index in [0.29, 0.717) is 6.07 Å². The smallest absolute Gasteiger partial charge is 0.227 e. The van der Waals surface area contributed by atoms with Gasteiger partial charge in [-0.05, 0) is 28.7 Å². The molecular weight excluding hydrogens is 305 g/mol. The minimum atomic E-state index is -2.79. The van der Waals surface area contributed by atoms with Crippen molar-refractivity contribution < 1.29 is 13.2 Å². The maximum absolute atomic E-state index is 12.7. The Morgan fingerprint density at radius 2 is 2.08 bits per heavy atom. The van der Waals surface area contributed by atoms with Crippen molar-refractivity contribution in [2.24, 2.45) is 0 Å². The highest BCUT2D eigenvalue weighted by molar-refractivity contribution is 14.1. The molecule has 0 N–H and O–H groups in total. The summed E-state index contributed by atoms with van der Waals surface area (Å²) in [4.78, 5) is 3.39. The molecule has 66 valence electrons. The molecule has 0 aliphatic carbocycles. The number of nitrogens with zero attached hydrogens (tertiary/aromatic N) is 1. The lowest BCUT2D eigenvalue weighted by Gasteiger charge is -2.02. The van der Waals surface area contributed by atoms with Crippen LogP contribution in [0.5, 0.6) is 0 Å². The van der Waals surface area contributed by atoms with Gasteiger partial charge in [0.15, 0.2) is 5.82 Å². The normalized spacial score (nSPS) is 10.8. The maximum atomic E-state index is 12.7. The van der Waals surface area contributed by atoms with Crippen LogP contribution in [0.3, 0.4) is 0 Å². The van der Waals surface area contributed by atoms with Gasteiger partial charge in [0, 0.05) is 0 Å². The minimum Gasteiger partial charge on any atom is -0.227 e. The Morgan fingerprint density at radius 3 is 2.58 bits per heavy atom. The van der Waals surface area contributed by atoms with E-state index in [0.717, 1.165) is 0 Å². The van der Waals surface area contributed by atoms with Crippen LogP contribution >= 0.6 is 34.2 Å². The van der Waals surface area contributed by atoms with Gasteiger partial charge in [-0.25, -0.2) is 18.2 Å². The highest BCUT2D eigenvalue weighted by atomic mass is 127. The molecule has 0 fully saturated rings. The molecule has 0 unspecified atom stereocenters. The van der Waals surface area contributed by atoms with Crippen LogP contribution in [0.25, 0.3) is 0 Å². The van der Waals surface area contributed by atoms with E-state index in [-0.39, 0.29) is 8.85 Å². The second-order valence-electron chi connectivity index (χ2n) is 1.94. The van der Waals surface area contributed by atoms with Crippen molar-refractivity contribution in [3.8, 4) is 0 Å². The van der Waals surface area contributed by atoms with E-state index in [2.05, 4.69) is 4.98 Å². The van der Waals surface area contributed by atoms with Gasteiger partial charge in [-0.1, -0.05) is 11.6 Å². The highest BCUT2D eigenvalue weighted by Crippen LogP contribution is 2.27. The lowest BCUT2D eigenvalue weighted by atomic mass is 10.3. The predicted octanol–water partition coefficient (Wildman–Crippen LogP) is 3.42. The highest BCUT2D eigenvalue weighted by Gasteiger charge is 2.15. The van der Waals surface area contributed by atoms with Crippen LogP contribution in [0.2, 0.25) is 5.15 Å². The average molecular weight is 307 g/mol. The molecule has 1 aromatic heterocycles. The monoisotopic (exact) mass is 307 g/mol. The third-order valence-electron chi connectivity index (χ3n) is 1.15. The Bertz CT molecular complexity index is 305. The summed E-state index contributed by atoms with van der Waals surface area (Å²) < 4.78 is 36.7. The van der Waals surface area contributed by atoms with Crippen molar-refractivity contribution in [1.82, 2.24) is 4.98 Å². The third kappa shape index (κ3) is 2.01. The molecule has 0 bridgehead atoms. The fraction of sp³-hybridized carbons (Fsp3) is 0.167. The number of aromatic nitrogens is 1. The van der Waals surface area contributed by atoms with Crippen LogP contribution in [0.1, 0.15) is 12.0 Å². The molecule has 0 aromatic carbocycles. The van der Waals surface area contributed by atoms with Gasteiger partial charge in [0.25, 0.3) is 6.43 Å². The lowest BCUT2D eigenvalue weighted by Crippen LogP contribution is -1.95. The minimum absolute atomic E-state index is 0.0120. The van der Waals surface area contributed by atoms with Gasteiger partial charge < -0.3 is 0 Å². The zero-order valence-electron chi connectivity index (χ0n) is 5.49. The fourth-order valence-corrected chi connectivity index (χ4v) is 1.37. The zero-order chi connectivity index (χ0) is 9.30. The second-order valence-corrected chi connectivity index (χ2v) is 3.32. The Labute approximate surface area is 85.1 Å². The summed E-state index contributed by atoms with van der Waals surface area (Å²) in [5.74, 6) is -0.782. The molecule has 0 aliphatic heterocycles. The van der Waals surface area contributed by atoms with Crippen LogP contribution in [0.15, 0.2) is 6.07 Å². The van der Waals surface area contributed by atoms with Crippen molar-refractivity contribution in [2.45, 2.75) is 6.43 Å². The van der Waals surface area contributed by atoms with Gasteiger partial charge in [-0.3, -0.25) is 0 Å². The summed E-state index contributed by atoms with van der Waals surface area (Å²) in [6, 6.07) is 0.696. The molecule has 0 aliphatic rings. The summed E-state index contributed by atoms with van der Waals surface area (Å²) in [5.41, 5.74) is -0.574. The first-order valence-electron chi connectivity index (χ1n) is 2.82. The van der Waals surface area contributed by atoms with E-state index in [1.165, 1.54) is 0 Å². The quantitative estimate of drug-likeness (QED) is 0.572. The van der Waals surface area contributed by atoms with E-state index in [4.69, 9.17) is 11.6 Å². The van der Waals surface area contributed by atoms with Crippen LogP contribution in [0.4, 0.5) is 13.2 Å². The molecule has 12 heavy (non-hydrogen) atoms. The van der Waals surface area contributed by atoms with Crippen LogP contribution in [-0.4, -0.2) is 4.98 Å². The molecule has 0 saturated heterocycles. The average Bonchev–Trinajstić information content (AvgIpc) is 1.96. The molecule has 0 spiro atoms. The fourth-order valence-electron chi connectivity index (χ4n) is 0.613. The summed E-state index contributed by atoms with van der Waals surface area (Å²) in [5, 5.41) is -0.351. The van der Waals surface area contributed by atoms with Crippen molar-refractivity contribution in [3.63, 3.8) is 0 Å². The Balaban J connectivity index is 3.23. The summed E-state index contributed by atoms with van der Waals surface area (Å²) >= 11 is 6.91. The first kappa shape index (κ1) is 10.0.